The predicted octanol–water partition coefficient (Wildman–Crippen LogP) is 2.46. The SMILES string of the molecule is Cc1ccc([N+](=O)[O-])c(NCCCNC2CC2)c1. The zero-order valence-electron chi connectivity index (χ0n) is 10.6. The Morgan fingerprint density at radius 2 is 2.17 bits per heavy atom. The summed E-state index contributed by atoms with van der Waals surface area (Å²) in [5, 5.41) is 17.4. The van der Waals surface area contributed by atoms with Crippen LogP contribution < -0.4 is 10.6 Å². The highest BCUT2D eigenvalue weighted by Gasteiger charge is 2.19. The second-order valence-corrected chi connectivity index (χ2v) is 4.79. The highest BCUT2D eigenvalue weighted by Crippen LogP contribution is 2.25. The molecule has 0 unspecified atom stereocenters. The van der Waals surface area contributed by atoms with Gasteiger partial charge in [0.15, 0.2) is 0 Å². The number of rotatable bonds is 7. The third kappa shape index (κ3) is 3.70. The van der Waals surface area contributed by atoms with Gasteiger partial charge in [0, 0.05) is 18.7 Å². The lowest BCUT2D eigenvalue weighted by molar-refractivity contribution is -0.384. The Morgan fingerprint density at radius 3 is 2.83 bits per heavy atom. The van der Waals surface area contributed by atoms with E-state index in [2.05, 4.69) is 10.6 Å². The summed E-state index contributed by atoms with van der Waals surface area (Å²) < 4.78 is 0. The van der Waals surface area contributed by atoms with Gasteiger partial charge in [0.1, 0.15) is 5.69 Å². The molecule has 0 aliphatic heterocycles. The van der Waals surface area contributed by atoms with E-state index < -0.39 is 0 Å². The maximum Gasteiger partial charge on any atom is 0.292 e. The van der Waals surface area contributed by atoms with E-state index in [0.717, 1.165) is 31.1 Å². The van der Waals surface area contributed by atoms with Crippen molar-refractivity contribution < 1.29 is 4.92 Å². The molecule has 1 aliphatic rings. The summed E-state index contributed by atoms with van der Waals surface area (Å²) in [6.45, 7) is 3.66. The van der Waals surface area contributed by atoms with E-state index >= 15 is 0 Å². The summed E-state index contributed by atoms with van der Waals surface area (Å²) in [5.74, 6) is 0. The van der Waals surface area contributed by atoms with Crippen LogP contribution in [0.1, 0.15) is 24.8 Å². The molecule has 1 aromatic rings. The van der Waals surface area contributed by atoms with E-state index in [1.54, 1.807) is 12.1 Å². The fourth-order valence-electron chi connectivity index (χ4n) is 1.86. The van der Waals surface area contributed by atoms with E-state index in [0.29, 0.717) is 5.69 Å². The molecular formula is C13H19N3O2. The van der Waals surface area contributed by atoms with E-state index in [-0.39, 0.29) is 10.6 Å². The zero-order valence-corrected chi connectivity index (χ0v) is 10.6. The Bertz CT molecular complexity index is 430. The molecule has 1 aromatic carbocycles. The lowest BCUT2D eigenvalue weighted by atomic mass is 10.2. The largest absolute Gasteiger partial charge is 0.379 e. The molecular weight excluding hydrogens is 230 g/mol. The van der Waals surface area contributed by atoms with E-state index in [1.165, 1.54) is 12.8 Å². The van der Waals surface area contributed by atoms with Crippen LogP contribution in [0.5, 0.6) is 0 Å². The number of nitro benzene ring substituents is 1. The van der Waals surface area contributed by atoms with Gasteiger partial charge in [0.2, 0.25) is 0 Å². The van der Waals surface area contributed by atoms with Crippen molar-refractivity contribution in [1.82, 2.24) is 5.32 Å². The Labute approximate surface area is 107 Å². The van der Waals surface area contributed by atoms with Gasteiger partial charge < -0.3 is 10.6 Å². The van der Waals surface area contributed by atoms with E-state index in [4.69, 9.17) is 0 Å². The van der Waals surface area contributed by atoms with Crippen molar-refractivity contribution in [2.24, 2.45) is 0 Å². The monoisotopic (exact) mass is 249 g/mol. The molecule has 0 saturated heterocycles. The van der Waals surface area contributed by atoms with Crippen LogP contribution in [0.15, 0.2) is 18.2 Å². The van der Waals surface area contributed by atoms with Gasteiger partial charge in [-0.2, -0.15) is 0 Å². The van der Waals surface area contributed by atoms with Crippen LogP contribution in [0.3, 0.4) is 0 Å². The molecule has 5 nitrogen and oxygen atoms in total. The van der Waals surface area contributed by atoms with E-state index in [1.807, 2.05) is 13.0 Å². The maximum absolute atomic E-state index is 10.9. The minimum atomic E-state index is -0.343. The number of nitro groups is 1. The smallest absolute Gasteiger partial charge is 0.292 e. The first-order chi connectivity index (χ1) is 8.66. The summed E-state index contributed by atoms with van der Waals surface area (Å²) in [4.78, 5) is 10.5. The number of anilines is 1. The number of nitrogens with one attached hydrogen (secondary N) is 2. The van der Waals surface area contributed by atoms with Crippen molar-refractivity contribution in [3.8, 4) is 0 Å². The van der Waals surface area contributed by atoms with Crippen molar-refractivity contribution in [2.75, 3.05) is 18.4 Å². The Kier molecular flexibility index (Phi) is 4.15. The maximum atomic E-state index is 10.9. The van der Waals surface area contributed by atoms with Crippen LogP contribution in [0.4, 0.5) is 11.4 Å². The van der Waals surface area contributed by atoms with Crippen molar-refractivity contribution >= 4 is 11.4 Å². The standard InChI is InChI=1S/C13H19N3O2/c1-10-3-6-13(16(17)18)12(9-10)15-8-2-7-14-11-4-5-11/h3,6,9,11,14-15H,2,4-5,7-8H2,1H3. The van der Waals surface area contributed by atoms with Crippen LogP contribution >= 0.6 is 0 Å². The molecule has 0 bridgehead atoms. The molecule has 0 radical (unpaired) electrons. The van der Waals surface area contributed by atoms with Crippen LogP contribution in [0, 0.1) is 17.0 Å². The van der Waals surface area contributed by atoms with Gasteiger partial charge in [-0.3, -0.25) is 10.1 Å². The minimum absolute atomic E-state index is 0.149. The summed E-state index contributed by atoms with van der Waals surface area (Å²) in [7, 11) is 0. The fraction of sp³-hybridized carbons (Fsp3) is 0.538. The van der Waals surface area contributed by atoms with Crippen molar-refractivity contribution in [3.63, 3.8) is 0 Å². The van der Waals surface area contributed by atoms with Crippen LogP contribution in [-0.4, -0.2) is 24.1 Å². The molecule has 98 valence electrons. The highest BCUT2D eigenvalue weighted by molar-refractivity contribution is 5.62. The van der Waals surface area contributed by atoms with Gasteiger partial charge >= 0.3 is 0 Å². The van der Waals surface area contributed by atoms with Gasteiger partial charge in [-0.25, -0.2) is 0 Å². The van der Waals surface area contributed by atoms with Crippen molar-refractivity contribution in [3.05, 3.63) is 33.9 Å². The number of benzene rings is 1. The first-order valence-corrected chi connectivity index (χ1v) is 6.39. The summed E-state index contributed by atoms with van der Waals surface area (Å²) in [6, 6.07) is 5.86. The van der Waals surface area contributed by atoms with Crippen molar-refractivity contribution in [1.29, 1.82) is 0 Å². The van der Waals surface area contributed by atoms with Crippen LogP contribution in [0.2, 0.25) is 0 Å². The lowest BCUT2D eigenvalue weighted by Gasteiger charge is -2.08. The second kappa shape index (κ2) is 5.82. The number of hydrogen-bond acceptors (Lipinski definition) is 4. The van der Waals surface area contributed by atoms with E-state index in [9.17, 15) is 10.1 Å². The molecule has 0 amide bonds. The third-order valence-corrected chi connectivity index (χ3v) is 3.03. The summed E-state index contributed by atoms with van der Waals surface area (Å²) >= 11 is 0. The molecule has 0 atom stereocenters. The van der Waals surface area contributed by atoms with Gasteiger partial charge in [-0.15, -0.1) is 0 Å². The molecule has 2 N–H and O–H groups in total. The molecule has 0 aromatic heterocycles. The molecule has 1 fully saturated rings. The molecule has 1 saturated carbocycles. The topological polar surface area (TPSA) is 67.2 Å². The molecule has 5 heteroatoms. The zero-order chi connectivity index (χ0) is 13.0. The lowest BCUT2D eigenvalue weighted by Crippen LogP contribution is -2.20. The van der Waals surface area contributed by atoms with Crippen molar-refractivity contribution in [2.45, 2.75) is 32.2 Å². The average molecular weight is 249 g/mol. The first-order valence-electron chi connectivity index (χ1n) is 6.39. The second-order valence-electron chi connectivity index (χ2n) is 4.79. The fourth-order valence-corrected chi connectivity index (χ4v) is 1.86. The Morgan fingerprint density at radius 1 is 1.39 bits per heavy atom. The molecule has 0 spiro atoms. The summed E-state index contributed by atoms with van der Waals surface area (Å²) in [6.07, 6.45) is 3.55. The normalized spacial score (nSPS) is 14.5. The first kappa shape index (κ1) is 12.8. The quantitative estimate of drug-likeness (QED) is 0.442. The highest BCUT2D eigenvalue weighted by atomic mass is 16.6. The molecule has 1 aliphatic carbocycles. The Hall–Kier alpha value is -1.62. The summed E-state index contributed by atoms with van der Waals surface area (Å²) in [5.41, 5.74) is 1.79. The predicted molar refractivity (Wildman–Crippen MR) is 72.0 cm³/mol. The average Bonchev–Trinajstić information content (AvgIpc) is 3.12. The van der Waals surface area contributed by atoms with Gasteiger partial charge in [-0.1, -0.05) is 6.07 Å². The van der Waals surface area contributed by atoms with Gasteiger partial charge in [0.05, 0.1) is 4.92 Å². The minimum Gasteiger partial charge on any atom is -0.379 e. The Balaban J connectivity index is 1.82. The molecule has 18 heavy (non-hydrogen) atoms. The van der Waals surface area contributed by atoms with Gasteiger partial charge in [-0.05, 0) is 44.4 Å². The number of hydrogen-bond donors (Lipinski definition) is 2. The number of aryl methyl sites for hydroxylation is 1. The molecule has 0 heterocycles. The third-order valence-electron chi connectivity index (χ3n) is 3.03. The van der Waals surface area contributed by atoms with Gasteiger partial charge in [0.25, 0.3) is 5.69 Å². The van der Waals surface area contributed by atoms with Crippen LogP contribution in [0.25, 0.3) is 0 Å². The molecule has 2 rings (SSSR count). The van der Waals surface area contributed by atoms with Crippen LogP contribution in [-0.2, 0) is 0 Å². The number of nitrogens with zero attached hydrogens (tertiary/aromatic N) is 1.